The van der Waals surface area contributed by atoms with E-state index in [0.29, 0.717) is 23.5 Å². The quantitative estimate of drug-likeness (QED) is 0.307. The van der Waals surface area contributed by atoms with E-state index < -0.39 is 0 Å². The zero-order valence-electron chi connectivity index (χ0n) is 19.9. The molecule has 0 saturated heterocycles. The highest BCUT2D eigenvalue weighted by atomic mass is 32.1. The first-order valence-electron chi connectivity index (χ1n) is 11.6. The average molecular weight is 516 g/mol. The van der Waals surface area contributed by atoms with E-state index in [4.69, 9.17) is 0 Å². The van der Waals surface area contributed by atoms with Gasteiger partial charge in [-0.3, -0.25) is 14.0 Å². The molecule has 2 aromatic carbocycles. The lowest BCUT2D eigenvalue weighted by atomic mass is 10.1. The Hall–Kier alpha value is -3.82. The number of benzene rings is 2. The summed E-state index contributed by atoms with van der Waals surface area (Å²) in [5.41, 5.74) is 3.61. The van der Waals surface area contributed by atoms with E-state index in [2.05, 4.69) is 20.6 Å². The van der Waals surface area contributed by atoms with Crippen LogP contribution in [0.3, 0.4) is 0 Å². The number of aryl methyl sites for hydroxylation is 2. The maximum Gasteiger partial charge on any atom is 0.271 e. The fourth-order valence-electron chi connectivity index (χ4n) is 4.16. The van der Waals surface area contributed by atoms with Gasteiger partial charge < -0.3 is 10.6 Å². The van der Waals surface area contributed by atoms with Gasteiger partial charge in [0.1, 0.15) is 11.4 Å². The van der Waals surface area contributed by atoms with Gasteiger partial charge >= 0.3 is 0 Å². The smallest absolute Gasteiger partial charge is 0.271 e. The van der Waals surface area contributed by atoms with Gasteiger partial charge in [-0.15, -0.1) is 22.7 Å². The Morgan fingerprint density at radius 2 is 1.69 bits per heavy atom. The molecule has 182 valence electrons. The van der Waals surface area contributed by atoms with Crippen LogP contribution in [0.15, 0.2) is 72.2 Å². The Balaban J connectivity index is 1.36. The molecule has 0 unspecified atom stereocenters. The van der Waals surface area contributed by atoms with Crippen LogP contribution in [0.5, 0.6) is 0 Å². The Morgan fingerprint density at radius 3 is 2.44 bits per heavy atom. The van der Waals surface area contributed by atoms with Gasteiger partial charge in [-0.05, 0) is 31.4 Å². The molecule has 7 nitrogen and oxygen atoms in total. The molecule has 0 aliphatic heterocycles. The summed E-state index contributed by atoms with van der Waals surface area (Å²) in [7, 11) is 0. The summed E-state index contributed by atoms with van der Waals surface area (Å²) >= 11 is 2.98. The number of carbonyl (C=O) groups is 2. The second kappa shape index (κ2) is 10.4. The highest BCUT2D eigenvalue weighted by molar-refractivity contribution is 7.15. The first-order valence-corrected chi connectivity index (χ1v) is 13.3. The number of nitrogens with zero attached hydrogens (tertiary/aromatic N) is 3. The number of nitrogens with one attached hydrogen (secondary N) is 2. The summed E-state index contributed by atoms with van der Waals surface area (Å²) in [5, 5.41) is 8.85. The zero-order chi connectivity index (χ0) is 25.1. The van der Waals surface area contributed by atoms with Crippen molar-refractivity contribution < 1.29 is 9.59 Å². The highest BCUT2D eigenvalue weighted by Gasteiger charge is 2.23. The monoisotopic (exact) mass is 515 g/mol. The molecule has 9 heteroatoms. The van der Waals surface area contributed by atoms with E-state index in [1.807, 2.05) is 86.1 Å². The van der Waals surface area contributed by atoms with Crippen LogP contribution in [0.25, 0.3) is 15.4 Å². The van der Waals surface area contributed by atoms with Gasteiger partial charge in [0.05, 0.1) is 21.6 Å². The molecule has 0 aliphatic rings. The van der Waals surface area contributed by atoms with Crippen molar-refractivity contribution in [1.82, 2.24) is 25.0 Å². The first kappa shape index (κ1) is 23.9. The number of amides is 2. The van der Waals surface area contributed by atoms with Crippen LogP contribution < -0.4 is 10.6 Å². The van der Waals surface area contributed by atoms with Crippen molar-refractivity contribution in [2.24, 2.45) is 0 Å². The predicted octanol–water partition coefficient (Wildman–Crippen LogP) is 4.91. The number of aromatic nitrogens is 3. The third-order valence-electron chi connectivity index (χ3n) is 5.81. The minimum atomic E-state index is -0.333. The lowest BCUT2D eigenvalue weighted by Crippen LogP contribution is -2.45. The normalized spacial score (nSPS) is 11.9. The molecule has 2 N–H and O–H groups in total. The number of fused-ring (bicyclic) bond motifs is 1. The lowest BCUT2D eigenvalue weighted by Gasteiger charge is -2.19. The van der Waals surface area contributed by atoms with Crippen LogP contribution in [0.1, 0.15) is 37.2 Å². The number of thiazole rings is 2. The van der Waals surface area contributed by atoms with Crippen LogP contribution in [0.2, 0.25) is 0 Å². The van der Waals surface area contributed by atoms with E-state index in [9.17, 15) is 9.59 Å². The van der Waals surface area contributed by atoms with Gasteiger partial charge in [0.2, 0.25) is 0 Å². The van der Waals surface area contributed by atoms with Crippen molar-refractivity contribution in [1.29, 1.82) is 0 Å². The molecule has 0 bridgehead atoms. The fraction of sp³-hybridized carbons (Fsp3) is 0.185. The maximum absolute atomic E-state index is 13.4. The third kappa shape index (κ3) is 5.07. The van der Waals surface area contributed by atoms with E-state index in [1.54, 1.807) is 4.40 Å². The van der Waals surface area contributed by atoms with Crippen molar-refractivity contribution in [2.45, 2.75) is 26.3 Å². The molecular weight excluding hydrogens is 490 g/mol. The second-order valence-corrected chi connectivity index (χ2v) is 10.5. The first-order chi connectivity index (χ1) is 17.5. The standard InChI is InChI=1S/C27H25N5O2S2/c1-17-23(32-13-14-35-27(32)29-17)26(34)28-16-21(15-19-9-5-3-6-10-19)31-25(33)22-24(36-18(2)30-22)20-11-7-4-8-12-20/h3-14,21H,15-16H2,1-2H3,(H,28,34)(H,31,33)/t21-/m1/s1. The molecule has 1 atom stereocenters. The molecule has 0 spiro atoms. The number of rotatable bonds is 8. The van der Waals surface area contributed by atoms with Crippen LogP contribution >= 0.6 is 22.7 Å². The Kier molecular flexibility index (Phi) is 6.92. The Labute approximate surface area is 216 Å². The third-order valence-corrected chi connectivity index (χ3v) is 7.58. The second-order valence-electron chi connectivity index (χ2n) is 8.45. The van der Waals surface area contributed by atoms with Crippen molar-refractivity contribution in [3.63, 3.8) is 0 Å². The van der Waals surface area contributed by atoms with Gasteiger partial charge in [-0.2, -0.15) is 0 Å². The topological polar surface area (TPSA) is 88.4 Å². The average Bonchev–Trinajstić information content (AvgIpc) is 3.57. The van der Waals surface area contributed by atoms with Gasteiger partial charge in [0.25, 0.3) is 11.8 Å². The summed E-state index contributed by atoms with van der Waals surface area (Å²) in [5.74, 6) is -0.477. The Morgan fingerprint density at radius 1 is 0.972 bits per heavy atom. The van der Waals surface area contributed by atoms with Crippen LogP contribution in [0, 0.1) is 13.8 Å². The Bertz CT molecular complexity index is 1510. The van der Waals surface area contributed by atoms with E-state index in [1.165, 1.54) is 22.7 Å². The van der Waals surface area contributed by atoms with Gasteiger partial charge in [0, 0.05) is 18.1 Å². The molecule has 5 aromatic rings. The molecule has 0 aliphatic carbocycles. The summed E-state index contributed by atoms with van der Waals surface area (Å²) in [4.78, 5) is 37.1. The number of imidazole rings is 1. The zero-order valence-corrected chi connectivity index (χ0v) is 21.5. The molecule has 0 saturated carbocycles. The van der Waals surface area contributed by atoms with E-state index >= 15 is 0 Å². The van der Waals surface area contributed by atoms with Crippen molar-refractivity contribution >= 4 is 39.4 Å². The molecule has 2 amide bonds. The number of hydrogen-bond donors (Lipinski definition) is 2. The molecular formula is C27H25N5O2S2. The summed E-state index contributed by atoms with van der Waals surface area (Å²) in [6.07, 6.45) is 2.41. The van der Waals surface area contributed by atoms with Crippen LogP contribution in [-0.4, -0.2) is 38.8 Å². The van der Waals surface area contributed by atoms with Crippen LogP contribution in [0.4, 0.5) is 0 Å². The highest BCUT2D eigenvalue weighted by Crippen LogP contribution is 2.30. The molecule has 3 heterocycles. The number of carbonyl (C=O) groups excluding carboxylic acids is 2. The van der Waals surface area contributed by atoms with E-state index in [0.717, 1.165) is 26.0 Å². The minimum absolute atomic E-state index is 0.222. The van der Waals surface area contributed by atoms with Gasteiger partial charge in [0.15, 0.2) is 4.96 Å². The fourth-order valence-corrected chi connectivity index (χ4v) is 5.84. The van der Waals surface area contributed by atoms with Crippen molar-refractivity contribution in [2.75, 3.05) is 6.54 Å². The number of hydrogen-bond acceptors (Lipinski definition) is 6. The van der Waals surface area contributed by atoms with Gasteiger partial charge in [-0.25, -0.2) is 9.97 Å². The molecule has 0 radical (unpaired) electrons. The molecule has 0 fully saturated rings. The minimum Gasteiger partial charge on any atom is -0.349 e. The SMILES string of the molecule is Cc1nc(C(=O)N[C@@H](CNC(=O)c2c(C)nc3sccn23)Cc2ccccc2)c(-c2ccccc2)s1. The summed E-state index contributed by atoms with van der Waals surface area (Å²) in [6, 6.07) is 19.4. The summed E-state index contributed by atoms with van der Waals surface area (Å²) < 4.78 is 1.80. The van der Waals surface area contributed by atoms with Crippen molar-refractivity contribution in [3.05, 3.63) is 99.9 Å². The maximum atomic E-state index is 13.4. The predicted molar refractivity (Wildman–Crippen MR) is 144 cm³/mol. The summed E-state index contributed by atoms with van der Waals surface area (Å²) in [6.45, 7) is 3.99. The van der Waals surface area contributed by atoms with E-state index in [-0.39, 0.29) is 24.4 Å². The lowest BCUT2D eigenvalue weighted by molar-refractivity contribution is 0.0903. The largest absolute Gasteiger partial charge is 0.349 e. The molecule has 3 aromatic heterocycles. The molecule has 5 rings (SSSR count). The van der Waals surface area contributed by atoms with Crippen molar-refractivity contribution in [3.8, 4) is 10.4 Å². The van der Waals surface area contributed by atoms with Gasteiger partial charge in [-0.1, -0.05) is 60.7 Å². The van der Waals surface area contributed by atoms with Crippen LogP contribution in [-0.2, 0) is 6.42 Å². The molecule has 36 heavy (non-hydrogen) atoms.